The molecule has 7 heteroatoms. The molecule has 1 saturated heterocycles. The Morgan fingerprint density at radius 1 is 1.33 bits per heavy atom. The van der Waals surface area contributed by atoms with Gasteiger partial charge in [-0.05, 0) is 31.5 Å². The molecule has 0 amide bonds. The highest BCUT2D eigenvalue weighted by molar-refractivity contribution is 7.89. The van der Waals surface area contributed by atoms with E-state index in [-0.39, 0.29) is 4.90 Å². The molecule has 0 spiro atoms. The van der Waals surface area contributed by atoms with Gasteiger partial charge in [-0.25, -0.2) is 8.42 Å². The van der Waals surface area contributed by atoms with E-state index < -0.39 is 10.0 Å². The average Bonchev–Trinajstić information content (AvgIpc) is 2.49. The molecule has 0 saturated carbocycles. The quantitative estimate of drug-likeness (QED) is 0.876. The van der Waals surface area contributed by atoms with Crippen LogP contribution in [0.4, 0.5) is 0 Å². The van der Waals surface area contributed by atoms with Crippen molar-refractivity contribution in [1.82, 2.24) is 4.31 Å². The van der Waals surface area contributed by atoms with Gasteiger partial charge in [0.1, 0.15) is 10.6 Å². The second-order valence-corrected chi connectivity index (χ2v) is 7.57. The Morgan fingerprint density at radius 2 is 1.95 bits per heavy atom. The van der Waals surface area contributed by atoms with Gasteiger partial charge < -0.3 is 9.64 Å². The predicted octanol–water partition coefficient (Wildman–Crippen LogP) is 0.566. The maximum absolute atomic E-state index is 12.8. The summed E-state index contributed by atoms with van der Waals surface area (Å²) in [4.78, 5) is 1.58. The Morgan fingerprint density at radius 3 is 2.48 bits per heavy atom. The number of methoxy groups -OCH3 is 1. The fourth-order valence-corrected chi connectivity index (χ4v) is 4.37. The molecule has 0 bridgehead atoms. The van der Waals surface area contributed by atoms with Crippen LogP contribution in [0.2, 0.25) is 5.02 Å². The first kappa shape index (κ1) is 16.5. The zero-order valence-corrected chi connectivity index (χ0v) is 14.2. The first-order valence-electron chi connectivity index (χ1n) is 7.08. The molecule has 1 aliphatic rings. The van der Waals surface area contributed by atoms with Crippen molar-refractivity contribution >= 4 is 21.6 Å². The van der Waals surface area contributed by atoms with E-state index in [1.54, 1.807) is 6.07 Å². The summed E-state index contributed by atoms with van der Waals surface area (Å²) in [5.41, 5.74) is 0.799. The van der Waals surface area contributed by atoms with Gasteiger partial charge in [-0.3, -0.25) is 0 Å². The summed E-state index contributed by atoms with van der Waals surface area (Å²) in [6.07, 6.45) is 0. The fourth-order valence-electron chi connectivity index (χ4n) is 2.53. The minimum atomic E-state index is -3.57. The number of sulfonamides is 1. The number of nitrogens with one attached hydrogen (secondary N) is 1. The number of benzene rings is 1. The molecule has 1 fully saturated rings. The van der Waals surface area contributed by atoms with Crippen molar-refractivity contribution in [3.63, 3.8) is 0 Å². The van der Waals surface area contributed by atoms with Gasteiger partial charge >= 0.3 is 0 Å². The van der Waals surface area contributed by atoms with Crippen LogP contribution < -0.4 is 9.64 Å². The number of ether oxygens (including phenoxy) is 1. The minimum Gasteiger partial charge on any atom is -0.495 e. The minimum absolute atomic E-state index is 0.153. The van der Waals surface area contributed by atoms with Crippen LogP contribution in [-0.4, -0.2) is 52.6 Å². The van der Waals surface area contributed by atoms with Crippen molar-refractivity contribution in [3.8, 4) is 5.75 Å². The lowest BCUT2D eigenvalue weighted by Crippen LogP contribution is -3.14. The third-order valence-electron chi connectivity index (χ3n) is 3.99. The smallest absolute Gasteiger partial charge is 0.247 e. The van der Waals surface area contributed by atoms with Gasteiger partial charge in [0, 0.05) is 5.02 Å². The van der Waals surface area contributed by atoms with Crippen LogP contribution in [0.15, 0.2) is 17.0 Å². The summed E-state index contributed by atoms with van der Waals surface area (Å²) < 4.78 is 32.4. The van der Waals surface area contributed by atoms with E-state index >= 15 is 0 Å². The molecule has 1 aromatic rings. The van der Waals surface area contributed by atoms with Crippen molar-refractivity contribution < 1.29 is 18.1 Å². The maximum Gasteiger partial charge on any atom is 0.247 e. The van der Waals surface area contributed by atoms with Gasteiger partial charge in [0.25, 0.3) is 0 Å². The number of quaternary nitrogens is 1. The average molecular weight is 334 g/mol. The predicted molar refractivity (Wildman–Crippen MR) is 82.7 cm³/mol. The Bertz CT molecular complexity index is 611. The van der Waals surface area contributed by atoms with Crippen molar-refractivity contribution in [1.29, 1.82) is 0 Å². The van der Waals surface area contributed by atoms with Crippen molar-refractivity contribution in [2.45, 2.75) is 18.7 Å². The van der Waals surface area contributed by atoms with E-state index in [2.05, 4.69) is 6.92 Å². The molecule has 0 unspecified atom stereocenters. The third-order valence-corrected chi connectivity index (χ3v) is 6.32. The monoisotopic (exact) mass is 333 g/mol. The molecule has 1 N–H and O–H groups in total. The number of piperazine rings is 1. The van der Waals surface area contributed by atoms with Gasteiger partial charge in [-0.1, -0.05) is 11.6 Å². The summed E-state index contributed by atoms with van der Waals surface area (Å²) >= 11 is 6.09. The van der Waals surface area contributed by atoms with Gasteiger partial charge in [0.05, 0.1) is 39.8 Å². The fraction of sp³-hybridized carbons (Fsp3) is 0.571. The Balaban J connectivity index is 2.34. The van der Waals surface area contributed by atoms with Crippen LogP contribution in [0.1, 0.15) is 12.5 Å². The zero-order valence-electron chi connectivity index (χ0n) is 12.6. The molecule has 0 radical (unpaired) electrons. The van der Waals surface area contributed by atoms with E-state index in [9.17, 15) is 8.42 Å². The second kappa shape index (κ2) is 6.52. The first-order chi connectivity index (χ1) is 9.90. The molecule has 0 atom stereocenters. The molecule has 5 nitrogen and oxygen atoms in total. The van der Waals surface area contributed by atoms with Gasteiger partial charge in [0.2, 0.25) is 10.0 Å². The SMILES string of the molecule is CC[NH+]1CCN(S(=O)(=O)c2cc(Cl)c(C)cc2OC)CC1. The van der Waals surface area contributed by atoms with E-state index in [4.69, 9.17) is 16.3 Å². The number of aryl methyl sites for hydroxylation is 1. The van der Waals surface area contributed by atoms with Crippen LogP contribution in [0.25, 0.3) is 0 Å². The lowest BCUT2D eigenvalue weighted by molar-refractivity contribution is -0.901. The number of hydrogen-bond donors (Lipinski definition) is 1. The summed E-state index contributed by atoms with van der Waals surface area (Å²) in [7, 11) is -2.09. The Hall–Kier alpha value is -0.820. The largest absolute Gasteiger partial charge is 0.495 e. The topological polar surface area (TPSA) is 51.0 Å². The van der Waals surface area contributed by atoms with Crippen LogP contribution >= 0.6 is 11.6 Å². The Kier molecular flexibility index (Phi) is 5.14. The van der Waals surface area contributed by atoms with Gasteiger partial charge in [-0.15, -0.1) is 0 Å². The molecule has 118 valence electrons. The molecule has 21 heavy (non-hydrogen) atoms. The zero-order chi connectivity index (χ0) is 15.6. The van der Waals surface area contributed by atoms with Crippen LogP contribution in [0, 0.1) is 6.92 Å². The Labute approximate surface area is 131 Å². The number of nitrogens with zero attached hydrogens (tertiary/aromatic N) is 1. The standard InChI is InChI=1S/C14H21ClN2O3S/c1-4-16-5-7-17(8-6-16)21(18,19)14-10-12(15)11(2)9-13(14)20-3/h9-10H,4-8H2,1-3H3/p+1. The first-order valence-corrected chi connectivity index (χ1v) is 8.89. The highest BCUT2D eigenvalue weighted by Crippen LogP contribution is 2.32. The molecule has 0 aliphatic carbocycles. The lowest BCUT2D eigenvalue weighted by Gasteiger charge is -2.31. The van der Waals surface area contributed by atoms with E-state index in [0.717, 1.165) is 25.2 Å². The number of hydrogen-bond acceptors (Lipinski definition) is 3. The highest BCUT2D eigenvalue weighted by Gasteiger charge is 2.32. The van der Waals surface area contributed by atoms with Crippen molar-refractivity contribution in [2.75, 3.05) is 39.8 Å². The molecule has 1 aliphatic heterocycles. The molecule has 0 aromatic heterocycles. The number of likely N-dealkylation sites (N-methyl/N-ethyl adjacent to an activating group) is 1. The number of rotatable bonds is 4. The number of halogens is 1. The third kappa shape index (κ3) is 3.34. The summed E-state index contributed by atoms with van der Waals surface area (Å²) in [5.74, 6) is 0.349. The van der Waals surface area contributed by atoms with Crippen LogP contribution in [0.5, 0.6) is 5.75 Å². The van der Waals surface area contributed by atoms with Crippen LogP contribution in [-0.2, 0) is 10.0 Å². The molecule has 1 aromatic carbocycles. The summed E-state index contributed by atoms with van der Waals surface area (Å²) in [6.45, 7) is 7.68. The van der Waals surface area contributed by atoms with Crippen molar-refractivity contribution in [2.24, 2.45) is 0 Å². The van der Waals surface area contributed by atoms with Crippen LogP contribution in [0.3, 0.4) is 0 Å². The van der Waals surface area contributed by atoms with E-state index in [1.165, 1.54) is 22.4 Å². The molecule has 2 rings (SSSR count). The van der Waals surface area contributed by atoms with E-state index in [1.807, 2.05) is 6.92 Å². The van der Waals surface area contributed by atoms with Gasteiger partial charge in [-0.2, -0.15) is 4.31 Å². The van der Waals surface area contributed by atoms with Crippen molar-refractivity contribution in [3.05, 3.63) is 22.7 Å². The molecular weight excluding hydrogens is 312 g/mol. The lowest BCUT2D eigenvalue weighted by atomic mass is 10.2. The maximum atomic E-state index is 12.8. The highest BCUT2D eigenvalue weighted by atomic mass is 35.5. The van der Waals surface area contributed by atoms with E-state index in [0.29, 0.717) is 23.9 Å². The van der Waals surface area contributed by atoms with Gasteiger partial charge in [0.15, 0.2) is 0 Å². The summed E-state index contributed by atoms with van der Waals surface area (Å²) in [6, 6.07) is 3.16. The molecule has 1 heterocycles. The summed E-state index contributed by atoms with van der Waals surface area (Å²) in [5, 5.41) is 0.437. The second-order valence-electron chi connectivity index (χ2n) is 5.26. The molecular formula is C14H22ClN2O3S+. The normalized spacial score (nSPS) is 17.9.